The van der Waals surface area contributed by atoms with E-state index >= 15 is 0 Å². The van der Waals surface area contributed by atoms with Crippen LogP contribution in [0.25, 0.3) is 0 Å². The van der Waals surface area contributed by atoms with Gasteiger partial charge < -0.3 is 5.32 Å². The zero-order valence-corrected chi connectivity index (χ0v) is 16.1. The zero-order chi connectivity index (χ0) is 17.7. The van der Waals surface area contributed by atoms with Crippen LogP contribution < -0.4 is 5.32 Å². The fourth-order valence-electron chi connectivity index (χ4n) is 3.45. The summed E-state index contributed by atoms with van der Waals surface area (Å²) in [5.74, 6) is 0.729. The number of rotatable bonds is 12. The van der Waals surface area contributed by atoms with Crippen LogP contribution in [0, 0.1) is 0 Å². The first-order valence-electron chi connectivity index (χ1n) is 10.3. The van der Waals surface area contributed by atoms with Gasteiger partial charge in [-0.25, -0.2) is 0 Å². The molecule has 1 heteroatoms. The van der Waals surface area contributed by atoms with Crippen LogP contribution in [-0.2, 0) is 0 Å². The molecule has 0 aliphatic rings. The van der Waals surface area contributed by atoms with E-state index in [2.05, 4.69) is 67.7 Å². The predicted octanol–water partition coefficient (Wildman–Crippen LogP) is 8.06. The lowest BCUT2D eigenvalue weighted by Crippen LogP contribution is -2.00. The van der Waals surface area contributed by atoms with Crippen molar-refractivity contribution in [2.24, 2.45) is 0 Å². The van der Waals surface area contributed by atoms with Crippen molar-refractivity contribution in [3.63, 3.8) is 0 Å². The van der Waals surface area contributed by atoms with Crippen LogP contribution in [0.5, 0.6) is 0 Å². The second-order valence-corrected chi connectivity index (χ2v) is 7.16. The third-order valence-corrected chi connectivity index (χ3v) is 5.01. The first-order chi connectivity index (χ1) is 12.3. The highest BCUT2D eigenvalue weighted by Crippen LogP contribution is 2.29. The third-order valence-electron chi connectivity index (χ3n) is 5.01. The molecule has 1 N–H and O–H groups in total. The Labute approximate surface area is 154 Å². The molecule has 2 aromatic carbocycles. The van der Waals surface area contributed by atoms with Gasteiger partial charge in [0, 0.05) is 11.4 Å². The predicted molar refractivity (Wildman–Crippen MR) is 112 cm³/mol. The third kappa shape index (κ3) is 7.34. The number of para-hydroxylation sites is 1. The standard InChI is InChI=1S/C24H35N/c1-3-5-7-8-10-14-21(13-6-4-2)22-17-19-24(20-18-22)25-23-15-11-9-12-16-23/h9,11-12,15-21,25H,3-8,10,13-14H2,1-2H3. The molecule has 0 saturated carbocycles. The second kappa shape index (κ2) is 11.7. The Bertz CT molecular complexity index is 558. The van der Waals surface area contributed by atoms with Gasteiger partial charge in [-0.2, -0.15) is 0 Å². The molecule has 0 fully saturated rings. The topological polar surface area (TPSA) is 12.0 Å². The van der Waals surface area contributed by atoms with E-state index in [-0.39, 0.29) is 0 Å². The fraction of sp³-hybridized carbons (Fsp3) is 0.500. The lowest BCUT2D eigenvalue weighted by molar-refractivity contribution is 0.505. The number of hydrogen-bond donors (Lipinski definition) is 1. The minimum atomic E-state index is 0.729. The molecule has 0 radical (unpaired) electrons. The summed E-state index contributed by atoms with van der Waals surface area (Å²) in [5, 5.41) is 3.48. The average Bonchev–Trinajstić information content (AvgIpc) is 2.66. The molecule has 0 aliphatic carbocycles. The van der Waals surface area contributed by atoms with E-state index in [0.717, 1.165) is 11.6 Å². The van der Waals surface area contributed by atoms with Gasteiger partial charge in [-0.3, -0.25) is 0 Å². The average molecular weight is 338 g/mol. The van der Waals surface area contributed by atoms with Crippen molar-refractivity contribution in [1.82, 2.24) is 0 Å². The van der Waals surface area contributed by atoms with Crippen LogP contribution in [0.15, 0.2) is 54.6 Å². The van der Waals surface area contributed by atoms with E-state index in [1.807, 2.05) is 6.07 Å². The summed E-state index contributed by atoms with van der Waals surface area (Å²) >= 11 is 0. The van der Waals surface area contributed by atoms with E-state index in [1.165, 1.54) is 69.0 Å². The summed E-state index contributed by atoms with van der Waals surface area (Å²) in [5.41, 5.74) is 3.84. The summed E-state index contributed by atoms with van der Waals surface area (Å²) in [6.07, 6.45) is 12.2. The van der Waals surface area contributed by atoms with Gasteiger partial charge in [-0.05, 0) is 48.6 Å². The molecule has 2 aromatic rings. The normalized spacial score (nSPS) is 12.1. The van der Waals surface area contributed by atoms with Crippen LogP contribution in [-0.4, -0.2) is 0 Å². The fourth-order valence-corrected chi connectivity index (χ4v) is 3.45. The van der Waals surface area contributed by atoms with Crippen molar-refractivity contribution in [2.75, 3.05) is 5.32 Å². The van der Waals surface area contributed by atoms with Gasteiger partial charge >= 0.3 is 0 Å². The molecule has 0 saturated heterocycles. The summed E-state index contributed by atoms with van der Waals surface area (Å²) in [6.45, 7) is 4.58. The molecule has 1 unspecified atom stereocenters. The highest BCUT2D eigenvalue weighted by molar-refractivity contribution is 5.59. The van der Waals surface area contributed by atoms with Gasteiger partial charge in [-0.1, -0.05) is 89.1 Å². The molecule has 0 aromatic heterocycles. The Morgan fingerprint density at radius 3 is 1.92 bits per heavy atom. The summed E-state index contributed by atoms with van der Waals surface area (Å²) in [6, 6.07) is 19.5. The monoisotopic (exact) mass is 337 g/mol. The van der Waals surface area contributed by atoms with Crippen LogP contribution >= 0.6 is 0 Å². The number of anilines is 2. The number of benzene rings is 2. The van der Waals surface area contributed by atoms with Gasteiger partial charge in [0.05, 0.1) is 0 Å². The van der Waals surface area contributed by atoms with Crippen molar-refractivity contribution in [3.05, 3.63) is 60.2 Å². The quantitative estimate of drug-likeness (QED) is 0.386. The molecule has 25 heavy (non-hydrogen) atoms. The van der Waals surface area contributed by atoms with Crippen LogP contribution in [0.1, 0.15) is 83.1 Å². The lowest BCUT2D eigenvalue weighted by Gasteiger charge is -2.18. The van der Waals surface area contributed by atoms with Crippen molar-refractivity contribution < 1.29 is 0 Å². The van der Waals surface area contributed by atoms with Gasteiger partial charge in [0.25, 0.3) is 0 Å². The molecule has 136 valence electrons. The van der Waals surface area contributed by atoms with Crippen LogP contribution in [0.4, 0.5) is 11.4 Å². The van der Waals surface area contributed by atoms with Crippen LogP contribution in [0.2, 0.25) is 0 Å². The van der Waals surface area contributed by atoms with Crippen molar-refractivity contribution in [1.29, 1.82) is 0 Å². The highest BCUT2D eigenvalue weighted by Gasteiger charge is 2.11. The molecule has 0 bridgehead atoms. The van der Waals surface area contributed by atoms with Crippen molar-refractivity contribution >= 4 is 11.4 Å². The zero-order valence-electron chi connectivity index (χ0n) is 16.1. The number of unbranched alkanes of at least 4 members (excludes halogenated alkanes) is 5. The number of hydrogen-bond acceptors (Lipinski definition) is 1. The van der Waals surface area contributed by atoms with E-state index in [0.29, 0.717) is 0 Å². The SMILES string of the molecule is CCCCCCCC(CCCC)c1ccc(Nc2ccccc2)cc1. The molecule has 0 heterocycles. The Morgan fingerprint density at radius 2 is 1.24 bits per heavy atom. The first kappa shape index (κ1) is 19.6. The maximum absolute atomic E-state index is 3.48. The highest BCUT2D eigenvalue weighted by atomic mass is 14.9. The van der Waals surface area contributed by atoms with Crippen molar-refractivity contribution in [2.45, 2.75) is 77.6 Å². The Kier molecular flexibility index (Phi) is 9.18. The molecular formula is C24H35N. The maximum Gasteiger partial charge on any atom is 0.0384 e. The first-order valence-corrected chi connectivity index (χ1v) is 10.3. The van der Waals surface area contributed by atoms with E-state index in [9.17, 15) is 0 Å². The van der Waals surface area contributed by atoms with Crippen LogP contribution in [0.3, 0.4) is 0 Å². The Balaban J connectivity index is 1.91. The second-order valence-electron chi connectivity index (χ2n) is 7.16. The molecule has 0 spiro atoms. The maximum atomic E-state index is 3.48. The summed E-state index contributed by atoms with van der Waals surface area (Å²) in [7, 11) is 0. The largest absolute Gasteiger partial charge is 0.356 e. The Morgan fingerprint density at radius 1 is 0.640 bits per heavy atom. The lowest BCUT2D eigenvalue weighted by atomic mass is 9.88. The molecule has 0 aliphatic heterocycles. The minimum Gasteiger partial charge on any atom is -0.356 e. The van der Waals surface area contributed by atoms with Gasteiger partial charge in [0.2, 0.25) is 0 Å². The van der Waals surface area contributed by atoms with Crippen molar-refractivity contribution in [3.8, 4) is 0 Å². The smallest absolute Gasteiger partial charge is 0.0384 e. The number of nitrogens with one attached hydrogen (secondary N) is 1. The van der Waals surface area contributed by atoms with E-state index < -0.39 is 0 Å². The summed E-state index contributed by atoms with van der Waals surface area (Å²) < 4.78 is 0. The molecule has 1 atom stereocenters. The molecule has 2 rings (SSSR count). The minimum absolute atomic E-state index is 0.729. The molecule has 0 amide bonds. The Hall–Kier alpha value is -1.76. The van der Waals surface area contributed by atoms with Gasteiger partial charge in [0.15, 0.2) is 0 Å². The van der Waals surface area contributed by atoms with E-state index in [1.54, 1.807) is 0 Å². The van der Waals surface area contributed by atoms with Gasteiger partial charge in [0.1, 0.15) is 0 Å². The molecular weight excluding hydrogens is 302 g/mol. The van der Waals surface area contributed by atoms with E-state index in [4.69, 9.17) is 0 Å². The summed E-state index contributed by atoms with van der Waals surface area (Å²) in [4.78, 5) is 0. The molecule has 1 nitrogen and oxygen atoms in total. The van der Waals surface area contributed by atoms with Gasteiger partial charge in [-0.15, -0.1) is 0 Å².